The number of hydrogen-bond donors (Lipinski definition) is 1. The molecule has 1 N–H and O–H groups in total. The van der Waals surface area contributed by atoms with Gasteiger partial charge in [-0.05, 0) is 18.9 Å². The highest BCUT2D eigenvalue weighted by molar-refractivity contribution is 5.49. The van der Waals surface area contributed by atoms with Crippen LogP contribution in [0.5, 0.6) is 5.88 Å². The SMILES string of the molecule is FC(F)(F)COc1ncccc1CNc1cc(N2CCCC2)ncn1. The van der Waals surface area contributed by atoms with E-state index < -0.39 is 12.8 Å². The van der Waals surface area contributed by atoms with E-state index in [4.69, 9.17) is 4.74 Å². The van der Waals surface area contributed by atoms with Crippen LogP contribution in [0.2, 0.25) is 0 Å². The summed E-state index contributed by atoms with van der Waals surface area (Å²) >= 11 is 0. The zero-order valence-corrected chi connectivity index (χ0v) is 13.5. The molecule has 9 heteroatoms. The van der Waals surface area contributed by atoms with E-state index in [0.29, 0.717) is 11.4 Å². The van der Waals surface area contributed by atoms with Crippen LogP contribution >= 0.6 is 0 Å². The van der Waals surface area contributed by atoms with Crippen molar-refractivity contribution in [2.75, 3.05) is 29.9 Å². The van der Waals surface area contributed by atoms with Crippen molar-refractivity contribution < 1.29 is 17.9 Å². The van der Waals surface area contributed by atoms with Gasteiger partial charge < -0.3 is 15.0 Å². The lowest BCUT2D eigenvalue weighted by Crippen LogP contribution is -2.20. The van der Waals surface area contributed by atoms with E-state index in [2.05, 4.69) is 25.2 Å². The Bertz CT molecular complexity index is 704. The normalized spacial score (nSPS) is 14.6. The number of nitrogens with one attached hydrogen (secondary N) is 1. The van der Waals surface area contributed by atoms with Gasteiger partial charge in [0, 0.05) is 37.5 Å². The van der Waals surface area contributed by atoms with E-state index in [1.807, 2.05) is 6.07 Å². The first-order valence-corrected chi connectivity index (χ1v) is 7.95. The highest BCUT2D eigenvalue weighted by Gasteiger charge is 2.29. The maximum absolute atomic E-state index is 12.3. The number of rotatable bonds is 6. The predicted molar refractivity (Wildman–Crippen MR) is 86.6 cm³/mol. The van der Waals surface area contributed by atoms with Crippen molar-refractivity contribution >= 4 is 11.6 Å². The van der Waals surface area contributed by atoms with E-state index in [1.165, 1.54) is 12.5 Å². The summed E-state index contributed by atoms with van der Waals surface area (Å²) in [5, 5.41) is 3.08. The largest absolute Gasteiger partial charge is 0.468 e. The van der Waals surface area contributed by atoms with Gasteiger partial charge in [-0.2, -0.15) is 13.2 Å². The Morgan fingerprint density at radius 3 is 2.72 bits per heavy atom. The van der Waals surface area contributed by atoms with Gasteiger partial charge in [0.15, 0.2) is 6.61 Å². The average Bonchev–Trinajstić information content (AvgIpc) is 3.13. The molecule has 0 bridgehead atoms. The van der Waals surface area contributed by atoms with Crippen LogP contribution < -0.4 is 15.0 Å². The van der Waals surface area contributed by atoms with Gasteiger partial charge in [-0.1, -0.05) is 6.07 Å². The van der Waals surface area contributed by atoms with E-state index in [-0.39, 0.29) is 12.4 Å². The second-order valence-electron chi connectivity index (χ2n) is 5.68. The zero-order valence-electron chi connectivity index (χ0n) is 13.5. The fourth-order valence-corrected chi connectivity index (χ4v) is 2.59. The minimum absolute atomic E-state index is 0.0406. The number of alkyl halides is 3. The molecule has 25 heavy (non-hydrogen) atoms. The molecule has 134 valence electrons. The number of ether oxygens (including phenoxy) is 1. The van der Waals surface area contributed by atoms with E-state index >= 15 is 0 Å². The molecule has 1 fully saturated rings. The molecule has 0 spiro atoms. The van der Waals surface area contributed by atoms with Crippen molar-refractivity contribution in [1.29, 1.82) is 0 Å². The molecule has 2 aromatic heterocycles. The first kappa shape index (κ1) is 17.2. The lowest BCUT2D eigenvalue weighted by atomic mass is 10.2. The molecule has 0 saturated carbocycles. The van der Waals surface area contributed by atoms with Crippen LogP contribution in [0.1, 0.15) is 18.4 Å². The third-order valence-corrected chi connectivity index (χ3v) is 3.77. The van der Waals surface area contributed by atoms with Gasteiger partial charge in [-0.3, -0.25) is 0 Å². The van der Waals surface area contributed by atoms with Gasteiger partial charge in [-0.25, -0.2) is 15.0 Å². The number of hydrogen-bond acceptors (Lipinski definition) is 6. The molecule has 0 amide bonds. The van der Waals surface area contributed by atoms with Crippen LogP contribution in [0.3, 0.4) is 0 Å². The topological polar surface area (TPSA) is 63.2 Å². The van der Waals surface area contributed by atoms with Gasteiger partial charge in [0.1, 0.15) is 18.0 Å². The molecule has 0 aromatic carbocycles. The van der Waals surface area contributed by atoms with E-state index in [0.717, 1.165) is 31.7 Å². The first-order valence-electron chi connectivity index (χ1n) is 7.95. The van der Waals surface area contributed by atoms with Crippen molar-refractivity contribution in [2.45, 2.75) is 25.6 Å². The van der Waals surface area contributed by atoms with E-state index in [1.54, 1.807) is 12.1 Å². The lowest BCUT2D eigenvalue weighted by molar-refractivity contribution is -0.154. The smallest absolute Gasteiger partial charge is 0.422 e. The fourth-order valence-electron chi connectivity index (χ4n) is 2.59. The Kier molecular flexibility index (Phi) is 5.20. The van der Waals surface area contributed by atoms with Crippen molar-refractivity contribution in [2.24, 2.45) is 0 Å². The minimum atomic E-state index is -4.40. The predicted octanol–water partition coefficient (Wildman–Crippen LogP) is 3.03. The number of pyridine rings is 1. The molecule has 0 aliphatic carbocycles. The molecule has 0 radical (unpaired) electrons. The summed E-state index contributed by atoms with van der Waals surface area (Å²) in [4.78, 5) is 14.5. The van der Waals surface area contributed by atoms with Crippen LogP contribution in [0.15, 0.2) is 30.7 Å². The first-order chi connectivity index (χ1) is 12.0. The Balaban J connectivity index is 1.64. The van der Waals surface area contributed by atoms with Crippen molar-refractivity contribution in [1.82, 2.24) is 15.0 Å². The zero-order chi connectivity index (χ0) is 17.7. The fraction of sp³-hybridized carbons (Fsp3) is 0.438. The van der Waals surface area contributed by atoms with Gasteiger partial charge >= 0.3 is 6.18 Å². The molecule has 0 unspecified atom stereocenters. The molecule has 1 saturated heterocycles. The molecule has 6 nitrogen and oxygen atoms in total. The monoisotopic (exact) mass is 353 g/mol. The van der Waals surface area contributed by atoms with Crippen molar-refractivity contribution in [3.8, 4) is 5.88 Å². The number of nitrogens with zero attached hydrogens (tertiary/aromatic N) is 4. The van der Waals surface area contributed by atoms with Gasteiger partial charge in [-0.15, -0.1) is 0 Å². The summed E-state index contributed by atoms with van der Waals surface area (Å²) in [5.74, 6) is 1.40. The third kappa shape index (κ3) is 4.94. The second kappa shape index (κ2) is 7.54. The number of anilines is 2. The van der Waals surface area contributed by atoms with Crippen LogP contribution in [-0.4, -0.2) is 40.8 Å². The standard InChI is InChI=1S/C16H18F3N5O/c17-16(18,19)10-25-15-12(4-3-5-20-15)9-21-13-8-14(23-11-22-13)24-6-1-2-7-24/h3-5,8,11H,1-2,6-7,9-10H2,(H,21,22,23). The number of halogens is 3. The quantitative estimate of drug-likeness (QED) is 0.861. The van der Waals surface area contributed by atoms with Gasteiger partial charge in [0.25, 0.3) is 0 Å². The molecule has 1 aliphatic heterocycles. The molecule has 3 rings (SSSR count). The summed E-state index contributed by atoms with van der Waals surface area (Å²) in [5.41, 5.74) is 0.521. The average molecular weight is 353 g/mol. The number of aromatic nitrogens is 3. The summed E-state index contributed by atoms with van der Waals surface area (Å²) in [7, 11) is 0. The van der Waals surface area contributed by atoms with Gasteiger partial charge in [0.05, 0.1) is 0 Å². The molecule has 1 aliphatic rings. The van der Waals surface area contributed by atoms with Crippen LogP contribution in [0.4, 0.5) is 24.8 Å². The Morgan fingerprint density at radius 1 is 1.16 bits per heavy atom. The van der Waals surface area contributed by atoms with Crippen LogP contribution in [0.25, 0.3) is 0 Å². The summed E-state index contributed by atoms with van der Waals surface area (Å²) < 4.78 is 41.8. The summed E-state index contributed by atoms with van der Waals surface area (Å²) in [6.07, 6.45) is 0.746. The summed E-state index contributed by atoms with van der Waals surface area (Å²) in [6.45, 7) is 0.810. The second-order valence-corrected chi connectivity index (χ2v) is 5.68. The van der Waals surface area contributed by atoms with Crippen LogP contribution in [-0.2, 0) is 6.54 Å². The molecular formula is C16H18F3N5O. The summed E-state index contributed by atoms with van der Waals surface area (Å²) in [6, 6.07) is 5.14. The molecule has 2 aromatic rings. The maximum Gasteiger partial charge on any atom is 0.422 e. The Hall–Kier alpha value is -2.58. The van der Waals surface area contributed by atoms with Gasteiger partial charge in [0.2, 0.25) is 5.88 Å². The van der Waals surface area contributed by atoms with Crippen molar-refractivity contribution in [3.05, 3.63) is 36.3 Å². The highest BCUT2D eigenvalue weighted by Crippen LogP contribution is 2.22. The molecule has 3 heterocycles. The Labute approximate surface area is 143 Å². The lowest BCUT2D eigenvalue weighted by Gasteiger charge is -2.17. The molecule has 0 atom stereocenters. The highest BCUT2D eigenvalue weighted by atomic mass is 19.4. The van der Waals surface area contributed by atoms with Crippen molar-refractivity contribution in [3.63, 3.8) is 0 Å². The minimum Gasteiger partial charge on any atom is -0.468 e. The maximum atomic E-state index is 12.3. The van der Waals surface area contributed by atoms with E-state index in [9.17, 15) is 13.2 Å². The van der Waals surface area contributed by atoms with Crippen LogP contribution in [0, 0.1) is 0 Å². The Morgan fingerprint density at radius 2 is 1.96 bits per heavy atom. The molecular weight excluding hydrogens is 335 g/mol. The third-order valence-electron chi connectivity index (χ3n) is 3.77.